The minimum Gasteiger partial charge on any atom is -0.392 e. The van der Waals surface area contributed by atoms with Gasteiger partial charge < -0.3 is 5.11 Å². The number of aliphatic hydroxyl groups is 1. The van der Waals surface area contributed by atoms with Gasteiger partial charge >= 0.3 is 0 Å². The van der Waals surface area contributed by atoms with Crippen molar-refractivity contribution in [1.82, 2.24) is 0 Å². The quantitative estimate of drug-likeness (QED) is 0.461. The molecule has 0 saturated heterocycles. The molecule has 1 heteroatoms. The molecule has 1 N–H and O–H groups in total. The first kappa shape index (κ1) is 9.09. The van der Waals surface area contributed by atoms with Gasteiger partial charge in [-0.2, -0.15) is 0 Å². The second-order valence-electron chi connectivity index (χ2n) is 2.84. The Balaban J connectivity index is 2.36. The molecule has 0 spiro atoms. The predicted molar refractivity (Wildman–Crippen MR) is 50.5 cm³/mol. The number of rotatable bonds is 1. The first-order valence-electron chi connectivity index (χ1n) is 4.37. The summed E-state index contributed by atoms with van der Waals surface area (Å²) in [5.74, 6) is 6.47. The van der Waals surface area contributed by atoms with Crippen molar-refractivity contribution in [3.8, 4) is 11.8 Å². The van der Waals surface area contributed by atoms with Crippen molar-refractivity contribution >= 4 is 0 Å². The van der Waals surface area contributed by atoms with Crippen LogP contribution in [0, 0.1) is 17.8 Å². The Labute approximate surface area is 73.8 Å². The van der Waals surface area contributed by atoms with E-state index in [4.69, 9.17) is 5.11 Å². The van der Waals surface area contributed by atoms with E-state index in [2.05, 4.69) is 24.0 Å². The van der Waals surface area contributed by atoms with Crippen LogP contribution in [-0.2, 0) is 0 Å². The van der Waals surface area contributed by atoms with Gasteiger partial charge in [-0.25, -0.2) is 0 Å². The highest BCUT2D eigenvalue weighted by atomic mass is 16.2. The molecule has 0 fully saturated rings. The minimum absolute atomic E-state index is 0.0786. The van der Waals surface area contributed by atoms with E-state index >= 15 is 0 Å². The fourth-order valence-corrected chi connectivity index (χ4v) is 1.20. The van der Waals surface area contributed by atoms with Gasteiger partial charge in [-0.05, 0) is 25.3 Å². The molecule has 12 heavy (non-hydrogen) atoms. The van der Waals surface area contributed by atoms with Gasteiger partial charge in [-0.3, -0.25) is 0 Å². The van der Waals surface area contributed by atoms with Gasteiger partial charge in [-0.15, -0.1) is 0 Å². The van der Waals surface area contributed by atoms with Crippen molar-refractivity contribution in [2.45, 2.75) is 19.3 Å². The summed E-state index contributed by atoms with van der Waals surface area (Å²) in [5.41, 5.74) is 0. The molecule has 0 aliphatic heterocycles. The smallest absolute Gasteiger partial charge is 0.0621 e. The van der Waals surface area contributed by atoms with E-state index in [-0.39, 0.29) is 6.61 Å². The summed E-state index contributed by atoms with van der Waals surface area (Å²) in [7, 11) is 0. The van der Waals surface area contributed by atoms with E-state index in [1.807, 2.05) is 0 Å². The maximum Gasteiger partial charge on any atom is 0.0621 e. The van der Waals surface area contributed by atoms with Crippen LogP contribution in [0.15, 0.2) is 24.3 Å². The fourth-order valence-electron chi connectivity index (χ4n) is 1.20. The first-order valence-corrected chi connectivity index (χ1v) is 4.37. The Morgan fingerprint density at radius 1 is 1.58 bits per heavy atom. The third-order valence-electron chi connectivity index (χ3n) is 1.83. The largest absolute Gasteiger partial charge is 0.392 e. The van der Waals surface area contributed by atoms with E-state index in [1.54, 1.807) is 12.2 Å². The second kappa shape index (κ2) is 5.62. The van der Waals surface area contributed by atoms with E-state index in [1.165, 1.54) is 19.3 Å². The molecular formula is C11H14O. The molecule has 0 radical (unpaired) electrons. The fraction of sp³-hybridized carbons (Fsp3) is 0.455. The zero-order chi connectivity index (χ0) is 8.65. The lowest BCUT2D eigenvalue weighted by molar-refractivity contribution is 0.343. The zero-order valence-electron chi connectivity index (χ0n) is 7.16. The molecule has 1 rings (SSSR count). The van der Waals surface area contributed by atoms with Crippen LogP contribution >= 0.6 is 0 Å². The molecule has 0 amide bonds. The molecule has 0 aromatic carbocycles. The van der Waals surface area contributed by atoms with E-state index in [9.17, 15) is 0 Å². The van der Waals surface area contributed by atoms with Crippen LogP contribution in [0.3, 0.4) is 0 Å². The molecule has 1 aliphatic rings. The Hall–Kier alpha value is -1.00. The molecule has 64 valence electrons. The molecule has 1 unspecified atom stereocenters. The van der Waals surface area contributed by atoms with Crippen molar-refractivity contribution in [2.24, 2.45) is 5.92 Å². The molecular weight excluding hydrogens is 148 g/mol. The Morgan fingerprint density at radius 3 is 3.17 bits per heavy atom. The average molecular weight is 162 g/mol. The van der Waals surface area contributed by atoms with E-state index in [0.29, 0.717) is 5.92 Å². The van der Waals surface area contributed by atoms with Crippen LogP contribution in [0.1, 0.15) is 19.3 Å². The molecule has 0 heterocycles. The number of allylic oxidation sites excluding steroid dienone is 3. The minimum atomic E-state index is 0.0786. The summed E-state index contributed by atoms with van der Waals surface area (Å²) in [5, 5.41) is 8.43. The summed E-state index contributed by atoms with van der Waals surface area (Å²) in [6.45, 7) is 0.0786. The van der Waals surface area contributed by atoms with Gasteiger partial charge in [0.2, 0.25) is 0 Å². The summed E-state index contributed by atoms with van der Waals surface area (Å²) >= 11 is 0. The Morgan fingerprint density at radius 2 is 2.50 bits per heavy atom. The summed E-state index contributed by atoms with van der Waals surface area (Å²) in [6, 6.07) is 0. The number of hydrogen-bond donors (Lipinski definition) is 1. The highest BCUT2D eigenvalue weighted by Gasteiger charge is 2.02. The lowest BCUT2D eigenvalue weighted by Gasteiger charge is -2.08. The summed E-state index contributed by atoms with van der Waals surface area (Å²) in [4.78, 5) is 0. The third kappa shape index (κ3) is 3.41. The van der Waals surface area contributed by atoms with Crippen LogP contribution in [-0.4, -0.2) is 11.7 Å². The standard InChI is InChI=1S/C11H14O/c12-10-6-2-5-9-11-7-3-1-4-8-11/h2-3,6-7,11-12H,1,4,8,10H2. The average Bonchev–Trinajstić information content (AvgIpc) is 2.14. The molecule has 0 aromatic heterocycles. The van der Waals surface area contributed by atoms with Crippen molar-refractivity contribution in [3.63, 3.8) is 0 Å². The van der Waals surface area contributed by atoms with E-state index < -0.39 is 0 Å². The van der Waals surface area contributed by atoms with Crippen LogP contribution in [0.5, 0.6) is 0 Å². The van der Waals surface area contributed by atoms with Gasteiger partial charge in [0.1, 0.15) is 0 Å². The molecule has 0 aromatic rings. The van der Waals surface area contributed by atoms with Crippen LogP contribution in [0.25, 0.3) is 0 Å². The lowest BCUT2D eigenvalue weighted by Crippen LogP contribution is -1.96. The second-order valence-corrected chi connectivity index (χ2v) is 2.84. The number of aliphatic hydroxyl groups excluding tert-OH is 1. The van der Waals surface area contributed by atoms with Crippen molar-refractivity contribution < 1.29 is 5.11 Å². The van der Waals surface area contributed by atoms with E-state index in [0.717, 1.165) is 0 Å². The highest BCUT2D eigenvalue weighted by molar-refractivity contribution is 5.20. The maximum absolute atomic E-state index is 8.43. The van der Waals surface area contributed by atoms with Gasteiger partial charge in [-0.1, -0.05) is 30.1 Å². The molecule has 1 nitrogen and oxygen atoms in total. The van der Waals surface area contributed by atoms with Gasteiger partial charge in [0.15, 0.2) is 0 Å². The summed E-state index contributed by atoms with van der Waals surface area (Å²) < 4.78 is 0. The number of hydrogen-bond acceptors (Lipinski definition) is 1. The Kier molecular flexibility index (Phi) is 4.26. The molecule has 1 atom stereocenters. The van der Waals surface area contributed by atoms with Crippen molar-refractivity contribution in [1.29, 1.82) is 0 Å². The zero-order valence-corrected chi connectivity index (χ0v) is 7.16. The van der Waals surface area contributed by atoms with Crippen LogP contribution in [0.4, 0.5) is 0 Å². The SMILES string of the molecule is OCC=CC#CC1C=CCCC1. The normalized spacial score (nSPS) is 22.2. The third-order valence-corrected chi connectivity index (χ3v) is 1.83. The van der Waals surface area contributed by atoms with Crippen molar-refractivity contribution in [2.75, 3.05) is 6.61 Å². The van der Waals surface area contributed by atoms with Gasteiger partial charge in [0.05, 0.1) is 6.61 Å². The topological polar surface area (TPSA) is 20.2 Å². The molecule has 0 bridgehead atoms. The van der Waals surface area contributed by atoms with Crippen molar-refractivity contribution in [3.05, 3.63) is 24.3 Å². The predicted octanol–water partition coefficient (Wildman–Crippen LogP) is 1.89. The molecule has 1 aliphatic carbocycles. The summed E-state index contributed by atoms with van der Waals surface area (Å²) in [6.07, 6.45) is 11.4. The Bertz CT molecular complexity index is 227. The molecule has 0 saturated carbocycles. The maximum atomic E-state index is 8.43. The van der Waals surface area contributed by atoms with Gasteiger partial charge in [0.25, 0.3) is 0 Å². The highest BCUT2D eigenvalue weighted by Crippen LogP contribution is 2.15. The monoisotopic (exact) mass is 162 g/mol. The lowest BCUT2D eigenvalue weighted by atomic mass is 9.97. The van der Waals surface area contributed by atoms with Crippen LogP contribution in [0.2, 0.25) is 0 Å². The van der Waals surface area contributed by atoms with Gasteiger partial charge in [0, 0.05) is 5.92 Å². The van der Waals surface area contributed by atoms with Crippen LogP contribution < -0.4 is 0 Å². The first-order chi connectivity index (χ1) is 5.93.